The second-order valence-electron chi connectivity index (χ2n) is 3.15. The third kappa shape index (κ3) is 8.21. The molecule has 0 saturated heterocycles. The van der Waals surface area contributed by atoms with Crippen molar-refractivity contribution in [1.82, 2.24) is 0 Å². The molecule has 11 heavy (non-hydrogen) atoms. The second kappa shape index (κ2) is 8.41. The van der Waals surface area contributed by atoms with E-state index in [1.807, 2.05) is 0 Å². The van der Waals surface area contributed by atoms with E-state index in [-0.39, 0.29) is 0 Å². The van der Waals surface area contributed by atoms with Crippen molar-refractivity contribution in [1.29, 1.82) is 0 Å². The monoisotopic (exact) mass is 175 g/mol. The zero-order valence-electron chi connectivity index (χ0n) is 7.55. The molecule has 68 valence electrons. The van der Waals surface area contributed by atoms with Crippen molar-refractivity contribution in [2.75, 3.05) is 5.75 Å². The highest BCUT2D eigenvalue weighted by Gasteiger charge is 1.97. The molecule has 0 radical (unpaired) electrons. The molecule has 0 aromatic heterocycles. The Kier molecular flexibility index (Phi) is 8.64. The number of rotatable bonds is 7. The lowest BCUT2D eigenvalue weighted by atomic mass is 10.1. The summed E-state index contributed by atoms with van der Waals surface area (Å²) in [7, 11) is 0. The van der Waals surface area contributed by atoms with Gasteiger partial charge in [-0.2, -0.15) is 12.6 Å². The number of thiol groups is 1. The first-order valence-corrected chi connectivity index (χ1v) is 5.31. The maximum atomic E-state index is 5.71. The first-order valence-electron chi connectivity index (χ1n) is 4.67. The van der Waals surface area contributed by atoms with E-state index in [2.05, 4.69) is 19.6 Å². The Balaban J connectivity index is 2.89. The largest absolute Gasteiger partial charge is 0.327 e. The number of nitrogens with two attached hydrogens (primary N) is 1. The molecule has 2 N–H and O–H groups in total. The molecular formula is C9H21NS. The molecule has 0 aliphatic heterocycles. The fourth-order valence-electron chi connectivity index (χ4n) is 1.10. The molecule has 0 aliphatic carbocycles. The minimum atomic E-state index is 0.319. The quantitative estimate of drug-likeness (QED) is 0.451. The fraction of sp³-hybridized carbons (Fsp3) is 1.00. The van der Waals surface area contributed by atoms with Gasteiger partial charge in [-0.3, -0.25) is 0 Å². The summed E-state index contributed by atoms with van der Waals surface area (Å²) in [6, 6.07) is 0.319. The van der Waals surface area contributed by atoms with E-state index in [0.717, 1.165) is 12.2 Å². The van der Waals surface area contributed by atoms with Gasteiger partial charge in [0.05, 0.1) is 0 Å². The predicted octanol–water partition coefficient (Wildman–Crippen LogP) is 2.60. The maximum Gasteiger partial charge on any atom is 0.0127 e. The van der Waals surface area contributed by atoms with Crippen molar-refractivity contribution in [3.05, 3.63) is 0 Å². The molecule has 1 unspecified atom stereocenters. The normalized spacial score (nSPS) is 13.4. The van der Waals surface area contributed by atoms with Crippen LogP contribution in [0, 0.1) is 0 Å². The summed E-state index contributed by atoms with van der Waals surface area (Å²) in [5.41, 5.74) is 5.71. The van der Waals surface area contributed by atoms with Crippen molar-refractivity contribution in [2.45, 2.75) is 51.5 Å². The SMILES string of the molecule is CCCCCCCC(N)CS. The number of hydrogen-bond donors (Lipinski definition) is 2. The standard InChI is InChI=1S/C9H21NS/c1-2-3-4-5-6-7-9(10)8-11/h9,11H,2-8,10H2,1H3. The van der Waals surface area contributed by atoms with Crippen LogP contribution in [0.1, 0.15) is 45.4 Å². The lowest BCUT2D eigenvalue weighted by Gasteiger charge is -2.06. The zero-order chi connectivity index (χ0) is 8.53. The first kappa shape index (κ1) is 11.3. The van der Waals surface area contributed by atoms with Crippen LogP contribution >= 0.6 is 12.6 Å². The van der Waals surface area contributed by atoms with Gasteiger partial charge in [0.1, 0.15) is 0 Å². The summed E-state index contributed by atoms with van der Waals surface area (Å²) in [4.78, 5) is 0. The Morgan fingerprint density at radius 3 is 2.36 bits per heavy atom. The van der Waals surface area contributed by atoms with E-state index >= 15 is 0 Å². The van der Waals surface area contributed by atoms with E-state index in [1.165, 1.54) is 32.1 Å². The van der Waals surface area contributed by atoms with Crippen LogP contribution in [0.2, 0.25) is 0 Å². The average Bonchev–Trinajstić information content (AvgIpc) is 2.04. The smallest absolute Gasteiger partial charge is 0.0127 e. The van der Waals surface area contributed by atoms with Crippen molar-refractivity contribution < 1.29 is 0 Å². The molecule has 0 fully saturated rings. The maximum absolute atomic E-state index is 5.71. The Hall–Kier alpha value is 0.310. The van der Waals surface area contributed by atoms with Gasteiger partial charge in [-0.25, -0.2) is 0 Å². The van der Waals surface area contributed by atoms with Crippen LogP contribution in [0.3, 0.4) is 0 Å². The Morgan fingerprint density at radius 1 is 1.18 bits per heavy atom. The highest BCUT2D eigenvalue weighted by Crippen LogP contribution is 2.06. The van der Waals surface area contributed by atoms with Crippen LogP contribution in [0.15, 0.2) is 0 Å². The second-order valence-corrected chi connectivity index (χ2v) is 3.51. The summed E-state index contributed by atoms with van der Waals surface area (Å²) in [6.07, 6.45) is 7.83. The van der Waals surface area contributed by atoms with Crippen molar-refractivity contribution in [2.24, 2.45) is 5.73 Å². The lowest BCUT2D eigenvalue weighted by molar-refractivity contribution is 0.567. The summed E-state index contributed by atoms with van der Waals surface area (Å²) in [5, 5.41) is 0. The molecule has 0 aliphatic rings. The molecule has 1 nitrogen and oxygen atoms in total. The van der Waals surface area contributed by atoms with Crippen molar-refractivity contribution in [3.8, 4) is 0 Å². The van der Waals surface area contributed by atoms with Crippen molar-refractivity contribution >= 4 is 12.6 Å². The summed E-state index contributed by atoms with van der Waals surface area (Å²) in [5.74, 6) is 0.827. The van der Waals surface area contributed by atoms with Crippen LogP contribution in [-0.2, 0) is 0 Å². The van der Waals surface area contributed by atoms with Crippen LogP contribution in [0.4, 0.5) is 0 Å². The van der Waals surface area contributed by atoms with E-state index in [9.17, 15) is 0 Å². The zero-order valence-corrected chi connectivity index (χ0v) is 8.45. The van der Waals surface area contributed by atoms with Gasteiger partial charge in [0.15, 0.2) is 0 Å². The van der Waals surface area contributed by atoms with Crippen LogP contribution in [0.25, 0.3) is 0 Å². The van der Waals surface area contributed by atoms with Gasteiger partial charge in [-0.05, 0) is 6.42 Å². The Morgan fingerprint density at radius 2 is 1.82 bits per heavy atom. The van der Waals surface area contributed by atoms with Crippen LogP contribution < -0.4 is 5.73 Å². The molecule has 0 aromatic rings. The van der Waals surface area contributed by atoms with Gasteiger partial charge in [-0.15, -0.1) is 0 Å². The van der Waals surface area contributed by atoms with Gasteiger partial charge in [0, 0.05) is 11.8 Å². The molecule has 2 heteroatoms. The van der Waals surface area contributed by atoms with E-state index in [0.29, 0.717) is 6.04 Å². The molecule has 0 amide bonds. The highest BCUT2D eigenvalue weighted by molar-refractivity contribution is 7.80. The molecule has 0 heterocycles. The van der Waals surface area contributed by atoms with E-state index < -0.39 is 0 Å². The number of hydrogen-bond acceptors (Lipinski definition) is 2. The third-order valence-electron chi connectivity index (χ3n) is 1.91. The van der Waals surface area contributed by atoms with Gasteiger partial charge >= 0.3 is 0 Å². The molecule has 0 spiro atoms. The summed E-state index contributed by atoms with van der Waals surface area (Å²) in [6.45, 7) is 2.24. The van der Waals surface area contributed by atoms with Crippen molar-refractivity contribution in [3.63, 3.8) is 0 Å². The molecule has 0 bridgehead atoms. The summed E-state index contributed by atoms with van der Waals surface area (Å²) >= 11 is 4.13. The highest BCUT2D eigenvalue weighted by atomic mass is 32.1. The minimum Gasteiger partial charge on any atom is -0.327 e. The molecule has 0 rings (SSSR count). The summed E-state index contributed by atoms with van der Waals surface area (Å²) < 4.78 is 0. The average molecular weight is 175 g/mol. The van der Waals surface area contributed by atoms with Gasteiger partial charge < -0.3 is 5.73 Å². The molecule has 0 aromatic carbocycles. The first-order chi connectivity index (χ1) is 5.31. The Labute approximate surface area is 76.2 Å². The fourth-order valence-corrected chi connectivity index (χ4v) is 1.28. The van der Waals surface area contributed by atoms with Crippen LogP contribution in [0.5, 0.6) is 0 Å². The van der Waals surface area contributed by atoms with E-state index in [1.54, 1.807) is 0 Å². The predicted molar refractivity (Wildman–Crippen MR) is 55.2 cm³/mol. The molecule has 0 saturated carbocycles. The third-order valence-corrected chi connectivity index (χ3v) is 2.38. The molecular weight excluding hydrogens is 154 g/mol. The van der Waals surface area contributed by atoms with E-state index in [4.69, 9.17) is 5.73 Å². The van der Waals surface area contributed by atoms with Gasteiger partial charge in [0.25, 0.3) is 0 Å². The minimum absolute atomic E-state index is 0.319. The molecule has 1 atom stereocenters. The van der Waals surface area contributed by atoms with Gasteiger partial charge in [0.2, 0.25) is 0 Å². The lowest BCUT2D eigenvalue weighted by Crippen LogP contribution is -2.21. The number of unbranched alkanes of at least 4 members (excludes halogenated alkanes) is 4. The topological polar surface area (TPSA) is 26.0 Å². The van der Waals surface area contributed by atoms with Crippen LogP contribution in [-0.4, -0.2) is 11.8 Å². The Bertz CT molecular complexity index is 76.0. The van der Waals surface area contributed by atoms with Gasteiger partial charge in [-0.1, -0.05) is 39.0 Å².